The van der Waals surface area contributed by atoms with E-state index in [9.17, 15) is 9.90 Å². The lowest BCUT2D eigenvalue weighted by atomic mass is 10.1. The first-order valence-corrected chi connectivity index (χ1v) is 10.3. The number of phenolic OH excluding ortho intramolecular Hbond substituents is 1. The number of hydrogen-bond donors (Lipinski definition) is 3. The summed E-state index contributed by atoms with van der Waals surface area (Å²) in [5.74, 6) is 0.547. The van der Waals surface area contributed by atoms with Gasteiger partial charge in [-0.05, 0) is 73.6 Å². The number of aromatic hydroxyl groups is 1. The number of nitrogens with zero attached hydrogens (tertiary/aromatic N) is 1. The minimum atomic E-state index is -0.390. The standard InChI is InChI=1S/C24H21N3O4S/c1-14-7-9-18-21(11-14)31-23(26-18)17-12-16(8-10-19(17)28)25-24(32)27-22(29)13-30-20-6-4-3-5-15(20)2/h3-12,28H,13H2,1-2H3,(H2,25,27,29,32). The SMILES string of the molecule is Cc1ccc2nc(-c3cc(NC(=S)NC(=O)COc4ccccc4C)ccc3O)oc2c1. The maximum Gasteiger partial charge on any atom is 0.264 e. The molecule has 7 nitrogen and oxygen atoms in total. The monoisotopic (exact) mass is 447 g/mol. The molecule has 0 aliphatic carbocycles. The summed E-state index contributed by atoms with van der Waals surface area (Å²) in [6, 6.07) is 17.9. The van der Waals surface area contributed by atoms with Crippen LogP contribution in [0.2, 0.25) is 0 Å². The van der Waals surface area contributed by atoms with Crippen LogP contribution in [0.3, 0.4) is 0 Å². The number of carbonyl (C=O) groups excluding carboxylic acids is 1. The number of aryl methyl sites for hydroxylation is 2. The number of nitrogens with one attached hydrogen (secondary N) is 2. The van der Waals surface area contributed by atoms with Crippen LogP contribution in [0.5, 0.6) is 11.5 Å². The maximum absolute atomic E-state index is 12.2. The van der Waals surface area contributed by atoms with Gasteiger partial charge in [-0.15, -0.1) is 0 Å². The number of anilines is 1. The van der Waals surface area contributed by atoms with Gasteiger partial charge in [0.2, 0.25) is 5.89 Å². The molecule has 0 radical (unpaired) electrons. The smallest absolute Gasteiger partial charge is 0.264 e. The molecule has 0 bridgehead atoms. The van der Waals surface area contributed by atoms with Crippen LogP contribution >= 0.6 is 12.2 Å². The highest BCUT2D eigenvalue weighted by molar-refractivity contribution is 7.80. The van der Waals surface area contributed by atoms with Gasteiger partial charge in [-0.2, -0.15) is 0 Å². The average molecular weight is 448 g/mol. The van der Waals surface area contributed by atoms with E-state index in [1.54, 1.807) is 18.2 Å². The lowest BCUT2D eigenvalue weighted by Gasteiger charge is -2.12. The maximum atomic E-state index is 12.2. The zero-order valence-corrected chi connectivity index (χ0v) is 18.3. The van der Waals surface area contributed by atoms with E-state index in [2.05, 4.69) is 15.6 Å². The Kier molecular flexibility index (Phi) is 6.04. The summed E-state index contributed by atoms with van der Waals surface area (Å²) in [5.41, 5.74) is 4.27. The fourth-order valence-corrected chi connectivity index (χ4v) is 3.35. The van der Waals surface area contributed by atoms with Gasteiger partial charge >= 0.3 is 0 Å². The molecule has 162 valence electrons. The topological polar surface area (TPSA) is 96.6 Å². The number of amides is 1. The van der Waals surface area contributed by atoms with E-state index in [1.165, 1.54) is 6.07 Å². The van der Waals surface area contributed by atoms with E-state index >= 15 is 0 Å². The molecule has 4 rings (SSSR count). The molecule has 32 heavy (non-hydrogen) atoms. The number of benzene rings is 3. The van der Waals surface area contributed by atoms with E-state index in [1.807, 2.05) is 50.2 Å². The van der Waals surface area contributed by atoms with Crippen LogP contribution in [-0.4, -0.2) is 27.7 Å². The molecule has 0 saturated heterocycles. The van der Waals surface area contributed by atoms with E-state index in [-0.39, 0.29) is 29.3 Å². The Morgan fingerprint density at radius 3 is 2.75 bits per heavy atom. The molecule has 1 aromatic heterocycles. The molecule has 0 aliphatic rings. The summed E-state index contributed by atoms with van der Waals surface area (Å²) in [5, 5.41) is 15.9. The summed E-state index contributed by atoms with van der Waals surface area (Å²) in [6.45, 7) is 3.70. The Bertz CT molecular complexity index is 1320. The second-order valence-corrected chi connectivity index (χ2v) is 7.69. The van der Waals surface area contributed by atoms with Gasteiger partial charge in [0.15, 0.2) is 17.3 Å². The largest absolute Gasteiger partial charge is 0.507 e. The van der Waals surface area contributed by atoms with Crippen molar-refractivity contribution in [2.75, 3.05) is 11.9 Å². The predicted octanol–water partition coefficient (Wildman–Crippen LogP) is 4.71. The molecule has 0 atom stereocenters. The Morgan fingerprint density at radius 1 is 1.12 bits per heavy atom. The number of fused-ring (bicyclic) bond motifs is 1. The van der Waals surface area contributed by atoms with Crippen molar-refractivity contribution < 1.29 is 19.1 Å². The number of thiocarbonyl (C=S) groups is 1. The number of aromatic nitrogens is 1. The third-order valence-electron chi connectivity index (χ3n) is 4.73. The summed E-state index contributed by atoms with van der Waals surface area (Å²) in [6.07, 6.45) is 0. The zero-order chi connectivity index (χ0) is 22.7. The lowest BCUT2D eigenvalue weighted by Crippen LogP contribution is -2.37. The van der Waals surface area contributed by atoms with Gasteiger partial charge in [-0.3, -0.25) is 10.1 Å². The van der Waals surface area contributed by atoms with Crippen molar-refractivity contribution in [3.8, 4) is 23.0 Å². The minimum absolute atomic E-state index is 0.0143. The van der Waals surface area contributed by atoms with Crippen molar-refractivity contribution in [3.63, 3.8) is 0 Å². The molecule has 3 N–H and O–H groups in total. The first kappa shape index (κ1) is 21.3. The highest BCUT2D eigenvalue weighted by atomic mass is 32.1. The van der Waals surface area contributed by atoms with Gasteiger partial charge in [0.25, 0.3) is 5.91 Å². The summed E-state index contributed by atoms with van der Waals surface area (Å²) in [4.78, 5) is 16.6. The van der Waals surface area contributed by atoms with E-state index in [0.717, 1.165) is 11.1 Å². The highest BCUT2D eigenvalue weighted by Crippen LogP contribution is 2.33. The Balaban J connectivity index is 1.42. The van der Waals surface area contributed by atoms with Crippen LogP contribution in [0.1, 0.15) is 11.1 Å². The van der Waals surface area contributed by atoms with Gasteiger partial charge in [-0.1, -0.05) is 24.3 Å². The third-order valence-corrected chi connectivity index (χ3v) is 4.94. The summed E-state index contributed by atoms with van der Waals surface area (Å²) >= 11 is 5.23. The third kappa shape index (κ3) is 4.87. The highest BCUT2D eigenvalue weighted by Gasteiger charge is 2.14. The molecule has 0 unspecified atom stereocenters. The number of rotatable bonds is 5. The number of phenols is 1. The molecule has 0 fully saturated rings. The molecular weight excluding hydrogens is 426 g/mol. The van der Waals surface area contributed by atoms with Crippen molar-refractivity contribution in [2.45, 2.75) is 13.8 Å². The van der Waals surface area contributed by atoms with Crippen molar-refractivity contribution in [1.29, 1.82) is 0 Å². The van der Waals surface area contributed by atoms with Gasteiger partial charge in [0.1, 0.15) is 17.0 Å². The Hall–Kier alpha value is -3.91. The van der Waals surface area contributed by atoms with Crippen LogP contribution in [0.25, 0.3) is 22.6 Å². The first-order chi connectivity index (χ1) is 15.4. The van der Waals surface area contributed by atoms with Crippen LogP contribution < -0.4 is 15.4 Å². The molecule has 4 aromatic rings. The zero-order valence-electron chi connectivity index (χ0n) is 17.5. The normalized spacial score (nSPS) is 10.7. The van der Waals surface area contributed by atoms with E-state index < -0.39 is 0 Å². The van der Waals surface area contributed by atoms with Crippen LogP contribution in [0.4, 0.5) is 5.69 Å². The molecule has 0 spiro atoms. The van der Waals surface area contributed by atoms with Crippen LogP contribution in [0, 0.1) is 13.8 Å². The Labute approximate surface area is 190 Å². The second kappa shape index (κ2) is 9.07. The molecule has 1 heterocycles. The van der Waals surface area contributed by atoms with Crippen LogP contribution in [-0.2, 0) is 4.79 Å². The first-order valence-electron chi connectivity index (χ1n) is 9.89. The number of carbonyl (C=O) groups is 1. The van der Waals surface area contributed by atoms with Gasteiger partial charge in [-0.25, -0.2) is 4.98 Å². The number of oxazole rings is 1. The van der Waals surface area contributed by atoms with Gasteiger partial charge in [0, 0.05) is 5.69 Å². The number of hydrogen-bond acceptors (Lipinski definition) is 6. The van der Waals surface area contributed by atoms with Crippen molar-refractivity contribution in [3.05, 3.63) is 71.8 Å². The van der Waals surface area contributed by atoms with Crippen molar-refractivity contribution in [2.24, 2.45) is 0 Å². The molecule has 0 saturated carbocycles. The number of para-hydroxylation sites is 1. The predicted molar refractivity (Wildman–Crippen MR) is 127 cm³/mol. The fraction of sp³-hybridized carbons (Fsp3) is 0.125. The van der Waals surface area contributed by atoms with E-state index in [0.29, 0.717) is 28.1 Å². The average Bonchev–Trinajstić information content (AvgIpc) is 3.17. The molecule has 0 aliphatic heterocycles. The Morgan fingerprint density at radius 2 is 1.94 bits per heavy atom. The van der Waals surface area contributed by atoms with Crippen LogP contribution in [0.15, 0.2) is 65.1 Å². The fourth-order valence-electron chi connectivity index (χ4n) is 3.12. The van der Waals surface area contributed by atoms with Gasteiger partial charge in [0.05, 0.1) is 5.56 Å². The van der Waals surface area contributed by atoms with Crippen molar-refractivity contribution >= 4 is 40.0 Å². The summed E-state index contributed by atoms with van der Waals surface area (Å²) < 4.78 is 11.3. The quantitative estimate of drug-likeness (QED) is 0.301. The summed E-state index contributed by atoms with van der Waals surface area (Å²) in [7, 11) is 0. The lowest BCUT2D eigenvalue weighted by molar-refractivity contribution is -0.121. The molecule has 3 aromatic carbocycles. The second-order valence-electron chi connectivity index (χ2n) is 7.28. The minimum Gasteiger partial charge on any atom is -0.507 e. The van der Waals surface area contributed by atoms with E-state index in [4.69, 9.17) is 21.4 Å². The van der Waals surface area contributed by atoms with Crippen molar-refractivity contribution in [1.82, 2.24) is 10.3 Å². The molecule has 1 amide bonds. The molecule has 8 heteroatoms. The van der Waals surface area contributed by atoms with Gasteiger partial charge < -0.3 is 19.6 Å². The number of ether oxygens (including phenoxy) is 1. The molecular formula is C24H21N3O4S.